The van der Waals surface area contributed by atoms with E-state index in [1.54, 1.807) is 0 Å². The van der Waals surface area contributed by atoms with E-state index in [4.69, 9.17) is 0 Å². The molecule has 1 aliphatic rings. The summed E-state index contributed by atoms with van der Waals surface area (Å²) >= 11 is 0. The molecule has 16 heavy (non-hydrogen) atoms. The van der Waals surface area contributed by atoms with Crippen molar-refractivity contribution in [1.29, 1.82) is 0 Å². The molecule has 1 aliphatic carbocycles. The van der Waals surface area contributed by atoms with Crippen LogP contribution in [0.15, 0.2) is 0 Å². The lowest BCUT2D eigenvalue weighted by atomic mass is 9.83. The predicted molar refractivity (Wildman–Crippen MR) is 67.3 cm³/mol. The third-order valence-corrected chi connectivity index (χ3v) is 3.39. The Bertz CT molecular complexity index is 208. The largest absolute Gasteiger partial charge is 0.355 e. The average molecular weight is 226 g/mol. The molecule has 1 rings (SSSR count). The fourth-order valence-corrected chi connectivity index (χ4v) is 2.15. The van der Waals surface area contributed by atoms with Gasteiger partial charge in [0.25, 0.3) is 0 Å². The Labute approximate surface area is 99.4 Å². The first kappa shape index (κ1) is 13.5. The summed E-state index contributed by atoms with van der Waals surface area (Å²) in [6, 6.07) is 0.376. The van der Waals surface area contributed by atoms with Crippen molar-refractivity contribution in [1.82, 2.24) is 10.6 Å². The third-order valence-electron chi connectivity index (χ3n) is 3.39. The standard InChI is InChI=1S/C13H26N2O/c1-10(2)14-9-13(16)15-8-12-6-4-11(3)5-7-12/h10-12,14H,4-9H2,1-3H3,(H,15,16). The minimum atomic E-state index is 0.132. The summed E-state index contributed by atoms with van der Waals surface area (Å²) < 4.78 is 0. The monoisotopic (exact) mass is 226 g/mol. The van der Waals surface area contributed by atoms with Crippen LogP contribution in [0.5, 0.6) is 0 Å². The Morgan fingerprint density at radius 2 is 1.88 bits per heavy atom. The zero-order valence-electron chi connectivity index (χ0n) is 10.9. The molecule has 0 aliphatic heterocycles. The van der Waals surface area contributed by atoms with Gasteiger partial charge in [0.1, 0.15) is 0 Å². The van der Waals surface area contributed by atoms with Gasteiger partial charge in [0, 0.05) is 12.6 Å². The molecule has 2 N–H and O–H groups in total. The summed E-state index contributed by atoms with van der Waals surface area (Å²) in [5, 5.41) is 6.15. The van der Waals surface area contributed by atoms with E-state index in [2.05, 4.69) is 31.4 Å². The van der Waals surface area contributed by atoms with Crippen LogP contribution in [0.3, 0.4) is 0 Å². The van der Waals surface area contributed by atoms with Gasteiger partial charge in [0.05, 0.1) is 6.54 Å². The van der Waals surface area contributed by atoms with E-state index in [1.165, 1.54) is 25.7 Å². The Morgan fingerprint density at radius 3 is 2.44 bits per heavy atom. The van der Waals surface area contributed by atoms with Crippen LogP contribution < -0.4 is 10.6 Å². The number of nitrogens with one attached hydrogen (secondary N) is 2. The molecule has 0 heterocycles. The maximum atomic E-state index is 11.5. The SMILES string of the molecule is CC1CCC(CNC(=O)CNC(C)C)CC1. The Balaban J connectivity index is 2.07. The van der Waals surface area contributed by atoms with Crippen LogP contribution in [0.1, 0.15) is 46.5 Å². The van der Waals surface area contributed by atoms with E-state index in [0.717, 1.165) is 12.5 Å². The molecule has 3 heteroatoms. The van der Waals surface area contributed by atoms with Gasteiger partial charge in [-0.25, -0.2) is 0 Å². The molecule has 1 fully saturated rings. The fourth-order valence-electron chi connectivity index (χ4n) is 2.15. The molecule has 0 spiro atoms. The van der Waals surface area contributed by atoms with Gasteiger partial charge in [0.2, 0.25) is 5.91 Å². The molecule has 0 aromatic carbocycles. The van der Waals surface area contributed by atoms with Gasteiger partial charge in [-0.05, 0) is 24.7 Å². The molecular weight excluding hydrogens is 200 g/mol. The average Bonchev–Trinajstić information content (AvgIpc) is 2.25. The van der Waals surface area contributed by atoms with E-state index in [-0.39, 0.29) is 5.91 Å². The number of rotatable bonds is 5. The number of hydrogen-bond acceptors (Lipinski definition) is 2. The van der Waals surface area contributed by atoms with Gasteiger partial charge < -0.3 is 10.6 Å². The van der Waals surface area contributed by atoms with Crippen LogP contribution in [0.4, 0.5) is 0 Å². The topological polar surface area (TPSA) is 41.1 Å². The fraction of sp³-hybridized carbons (Fsp3) is 0.923. The summed E-state index contributed by atoms with van der Waals surface area (Å²) in [4.78, 5) is 11.5. The van der Waals surface area contributed by atoms with Crippen molar-refractivity contribution in [2.45, 2.75) is 52.5 Å². The van der Waals surface area contributed by atoms with E-state index < -0.39 is 0 Å². The number of amides is 1. The highest BCUT2D eigenvalue weighted by Gasteiger charge is 2.18. The Hall–Kier alpha value is -0.570. The molecular formula is C13H26N2O. The minimum absolute atomic E-state index is 0.132. The maximum absolute atomic E-state index is 11.5. The molecule has 3 nitrogen and oxygen atoms in total. The summed E-state index contributed by atoms with van der Waals surface area (Å²) in [7, 11) is 0. The lowest BCUT2D eigenvalue weighted by Crippen LogP contribution is -2.39. The maximum Gasteiger partial charge on any atom is 0.233 e. The van der Waals surface area contributed by atoms with Crippen LogP contribution >= 0.6 is 0 Å². The number of carbonyl (C=O) groups is 1. The van der Waals surface area contributed by atoms with Gasteiger partial charge in [-0.15, -0.1) is 0 Å². The molecule has 0 radical (unpaired) electrons. The van der Waals surface area contributed by atoms with Crippen molar-refractivity contribution >= 4 is 5.91 Å². The van der Waals surface area contributed by atoms with Crippen molar-refractivity contribution in [3.63, 3.8) is 0 Å². The summed E-state index contributed by atoms with van der Waals surface area (Å²) in [6.07, 6.45) is 5.20. The number of hydrogen-bond donors (Lipinski definition) is 2. The molecule has 0 saturated heterocycles. The van der Waals surface area contributed by atoms with Gasteiger partial charge in [-0.3, -0.25) is 4.79 Å². The third kappa shape index (κ3) is 5.50. The van der Waals surface area contributed by atoms with Crippen LogP contribution in [0.25, 0.3) is 0 Å². The molecule has 0 aromatic rings. The van der Waals surface area contributed by atoms with E-state index in [0.29, 0.717) is 18.5 Å². The van der Waals surface area contributed by atoms with Crippen molar-refractivity contribution in [3.8, 4) is 0 Å². The molecule has 1 saturated carbocycles. The molecule has 0 aromatic heterocycles. The minimum Gasteiger partial charge on any atom is -0.355 e. The molecule has 0 atom stereocenters. The summed E-state index contributed by atoms with van der Waals surface area (Å²) in [6.45, 7) is 7.74. The smallest absolute Gasteiger partial charge is 0.233 e. The van der Waals surface area contributed by atoms with Gasteiger partial charge in [0.15, 0.2) is 0 Å². The van der Waals surface area contributed by atoms with Crippen molar-refractivity contribution < 1.29 is 4.79 Å². The summed E-state index contributed by atoms with van der Waals surface area (Å²) in [5.41, 5.74) is 0. The number of carbonyl (C=O) groups excluding carboxylic acids is 1. The molecule has 0 unspecified atom stereocenters. The normalized spacial score (nSPS) is 25.8. The Kier molecular flexibility index (Phi) is 5.81. The Morgan fingerprint density at radius 1 is 1.25 bits per heavy atom. The second-order valence-corrected chi connectivity index (χ2v) is 5.47. The van der Waals surface area contributed by atoms with E-state index >= 15 is 0 Å². The molecule has 94 valence electrons. The van der Waals surface area contributed by atoms with Crippen LogP contribution in [0, 0.1) is 11.8 Å². The first-order valence-electron chi connectivity index (χ1n) is 6.58. The zero-order valence-corrected chi connectivity index (χ0v) is 10.9. The van der Waals surface area contributed by atoms with Gasteiger partial charge >= 0.3 is 0 Å². The highest BCUT2D eigenvalue weighted by atomic mass is 16.1. The van der Waals surface area contributed by atoms with E-state index in [1.807, 2.05) is 0 Å². The van der Waals surface area contributed by atoms with Crippen LogP contribution in [-0.4, -0.2) is 25.0 Å². The highest BCUT2D eigenvalue weighted by molar-refractivity contribution is 5.77. The second-order valence-electron chi connectivity index (χ2n) is 5.47. The van der Waals surface area contributed by atoms with Crippen molar-refractivity contribution in [2.24, 2.45) is 11.8 Å². The predicted octanol–water partition coefficient (Wildman–Crippen LogP) is 1.93. The van der Waals surface area contributed by atoms with Crippen molar-refractivity contribution in [3.05, 3.63) is 0 Å². The summed E-state index contributed by atoms with van der Waals surface area (Å²) in [5.74, 6) is 1.72. The van der Waals surface area contributed by atoms with Gasteiger partial charge in [-0.2, -0.15) is 0 Å². The highest BCUT2D eigenvalue weighted by Crippen LogP contribution is 2.27. The second kappa shape index (κ2) is 6.89. The van der Waals surface area contributed by atoms with Crippen LogP contribution in [0.2, 0.25) is 0 Å². The first-order valence-corrected chi connectivity index (χ1v) is 6.58. The molecule has 1 amide bonds. The quantitative estimate of drug-likeness (QED) is 0.752. The lowest BCUT2D eigenvalue weighted by molar-refractivity contribution is -0.120. The van der Waals surface area contributed by atoms with E-state index in [9.17, 15) is 4.79 Å². The lowest BCUT2D eigenvalue weighted by Gasteiger charge is -2.26. The van der Waals surface area contributed by atoms with Crippen LogP contribution in [-0.2, 0) is 4.79 Å². The first-order chi connectivity index (χ1) is 7.58. The van der Waals surface area contributed by atoms with Gasteiger partial charge in [-0.1, -0.05) is 33.6 Å². The van der Waals surface area contributed by atoms with Crippen molar-refractivity contribution in [2.75, 3.05) is 13.1 Å². The zero-order chi connectivity index (χ0) is 12.0. The molecule has 0 bridgehead atoms.